The Morgan fingerprint density at radius 2 is 1.79 bits per heavy atom. The molecule has 2 aromatic carbocycles. The first-order chi connectivity index (χ1) is 14.1. The third-order valence-corrected chi connectivity index (χ3v) is 4.27. The molecule has 0 aliphatic heterocycles. The summed E-state index contributed by atoms with van der Waals surface area (Å²) >= 11 is 0. The average molecular weight is 400 g/mol. The van der Waals surface area contributed by atoms with Gasteiger partial charge < -0.3 is 14.2 Å². The second-order valence-corrected chi connectivity index (χ2v) is 6.42. The predicted octanol–water partition coefficient (Wildman–Crippen LogP) is 3.28. The maximum Gasteiger partial charge on any atom is 0.269 e. The lowest BCUT2D eigenvalue weighted by atomic mass is 10.1. The molecule has 7 heteroatoms. The second kappa shape index (κ2) is 11.6. The van der Waals surface area contributed by atoms with Gasteiger partial charge in [0.05, 0.1) is 20.8 Å². The highest BCUT2D eigenvalue weighted by atomic mass is 16.5. The van der Waals surface area contributed by atoms with Crippen LogP contribution >= 0.6 is 0 Å². The van der Waals surface area contributed by atoms with Crippen LogP contribution in [0.3, 0.4) is 0 Å². The molecule has 0 heterocycles. The molecular weight excluding hydrogens is 372 g/mol. The van der Waals surface area contributed by atoms with Crippen molar-refractivity contribution in [1.82, 2.24) is 10.9 Å². The van der Waals surface area contributed by atoms with Crippen LogP contribution in [-0.2, 0) is 11.2 Å². The first-order valence-corrected chi connectivity index (χ1v) is 9.60. The summed E-state index contributed by atoms with van der Waals surface area (Å²) in [7, 11) is 3.12. The second-order valence-electron chi connectivity index (χ2n) is 6.42. The van der Waals surface area contributed by atoms with E-state index in [1.54, 1.807) is 25.3 Å². The number of unbranched alkanes of at least 4 members (excludes halogenated alkanes) is 1. The number of carbonyl (C=O) groups is 2. The van der Waals surface area contributed by atoms with Crippen LogP contribution in [0.1, 0.15) is 42.1 Å². The molecule has 2 aromatic rings. The molecule has 0 atom stereocenters. The molecule has 2 rings (SSSR count). The van der Waals surface area contributed by atoms with Crippen LogP contribution in [0.2, 0.25) is 0 Å². The Kier molecular flexibility index (Phi) is 8.82. The van der Waals surface area contributed by atoms with Crippen molar-refractivity contribution in [3.8, 4) is 17.2 Å². The zero-order chi connectivity index (χ0) is 21.1. The van der Waals surface area contributed by atoms with Gasteiger partial charge in [-0.25, -0.2) is 0 Å². The minimum absolute atomic E-state index is 0.237. The van der Waals surface area contributed by atoms with Crippen molar-refractivity contribution in [2.45, 2.75) is 32.6 Å². The number of ether oxygens (including phenoxy) is 3. The number of amides is 2. The van der Waals surface area contributed by atoms with Crippen molar-refractivity contribution in [2.75, 3.05) is 20.8 Å². The molecule has 29 heavy (non-hydrogen) atoms. The third-order valence-electron chi connectivity index (χ3n) is 4.27. The SMILES string of the molecule is CCCCOc1ccc(C(=O)NNC(=O)CCc2cccc(OC)c2)cc1OC. The van der Waals surface area contributed by atoms with Crippen LogP contribution in [-0.4, -0.2) is 32.6 Å². The van der Waals surface area contributed by atoms with E-state index in [-0.39, 0.29) is 12.3 Å². The summed E-state index contributed by atoms with van der Waals surface area (Å²) in [5.41, 5.74) is 6.19. The Bertz CT molecular complexity index is 823. The molecule has 0 fully saturated rings. The molecule has 0 saturated heterocycles. The summed E-state index contributed by atoms with van der Waals surface area (Å²) in [6.45, 7) is 2.67. The molecule has 2 N–H and O–H groups in total. The molecule has 7 nitrogen and oxygen atoms in total. The number of aryl methyl sites for hydroxylation is 1. The molecular formula is C22H28N2O5. The maximum atomic E-state index is 12.3. The predicted molar refractivity (Wildman–Crippen MR) is 110 cm³/mol. The van der Waals surface area contributed by atoms with E-state index in [9.17, 15) is 9.59 Å². The van der Waals surface area contributed by atoms with E-state index in [0.29, 0.717) is 30.1 Å². The number of methoxy groups -OCH3 is 2. The standard InChI is InChI=1S/C22H28N2O5/c1-4-5-13-29-19-11-10-17(15-20(19)28-3)22(26)24-23-21(25)12-9-16-7-6-8-18(14-16)27-2/h6-8,10-11,14-15H,4-5,9,12-13H2,1-3H3,(H,23,25)(H,24,26). The minimum Gasteiger partial charge on any atom is -0.497 e. The lowest BCUT2D eigenvalue weighted by molar-refractivity contribution is -0.121. The van der Waals surface area contributed by atoms with Gasteiger partial charge in [0.2, 0.25) is 5.91 Å². The normalized spacial score (nSPS) is 10.2. The molecule has 2 amide bonds. The Hall–Kier alpha value is -3.22. The number of hydrogen-bond donors (Lipinski definition) is 2. The lowest BCUT2D eigenvalue weighted by Crippen LogP contribution is -2.41. The molecule has 0 aliphatic rings. The van der Waals surface area contributed by atoms with Gasteiger partial charge in [-0.3, -0.25) is 20.4 Å². The summed E-state index contributed by atoms with van der Waals surface area (Å²) < 4.78 is 16.1. The van der Waals surface area contributed by atoms with Crippen LogP contribution in [0, 0.1) is 0 Å². The maximum absolute atomic E-state index is 12.3. The fourth-order valence-electron chi connectivity index (χ4n) is 2.60. The van der Waals surface area contributed by atoms with Crippen LogP contribution in [0.15, 0.2) is 42.5 Å². The van der Waals surface area contributed by atoms with E-state index in [0.717, 1.165) is 24.2 Å². The molecule has 0 saturated carbocycles. The number of rotatable bonds is 10. The van der Waals surface area contributed by atoms with Gasteiger partial charge in [-0.05, 0) is 48.7 Å². The van der Waals surface area contributed by atoms with E-state index in [2.05, 4.69) is 17.8 Å². The highest BCUT2D eigenvalue weighted by Crippen LogP contribution is 2.28. The Morgan fingerprint density at radius 1 is 0.966 bits per heavy atom. The van der Waals surface area contributed by atoms with Crippen molar-refractivity contribution >= 4 is 11.8 Å². The average Bonchev–Trinajstić information content (AvgIpc) is 2.76. The van der Waals surface area contributed by atoms with Crippen molar-refractivity contribution in [1.29, 1.82) is 0 Å². The van der Waals surface area contributed by atoms with E-state index < -0.39 is 5.91 Å². The Morgan fingerprint density at radius 3 is 2.52 bits per heavy atom. The van der Waals surface area contributed by atoms with Gasteiger partial charge in [0.1, 0.15) is 5.75 Å². The number of carbonyl (C=O) groups excluding carboxylic acids is 2. The van der Waals surface area contributed by atoms with Crippen LogP contribution < -0.4 is 25.1 Å². The quantitative estimate of drug-likeness (QED) is 0.472. The van der Waals surface area contributed by atoms with Gasteiger partial charge in [0, 0.05) is 12.0 Å². The molecule has 0 radical (unpaired) electrons. The summed E-state index contributed by atoms with van der Waals surface area (Å²) in [6.07, 6.45) is 2.74. The van der Waals surface area contributed by atoms with Crippen molar-refractivity contribution in [3.63, 3.8) is 0 Å². The molecule has 0 spiro atoms. The molecule has 156 valence electrons. The molecule has 0 bridgehead atoms. The highest BCUT2D eigenvalue weighted by Gasteiger charge is 2.12. The van der Waals surface area contributed by atoms with E-state index in [4.69, 9.17) is 14.2 Å². The topological polar surface area (TPSA) is 85.9 Å². The first kappa shape index (κ1) is 22.1. The van der Waals surface area contributed by atoms with Gasteiger partial charge in [-0.1, -0.05) is 25.5 Å². The smallest absolute Gasteiger partial charge is 0.269 e. The monoisotopic (exact) mass is 400 g/mol. The largest absolute Gasteiger partial charge is 0.497 e. The van der Waals surface area contributed by atoms with E-state index in [1.165, 1.54) is 7.11 Å². The first-order valence-electron chi connectivity index (χ1n) is 9.60. The van der Waals surface area contributed by atoms with Gasteiger partial charge >= 0.3 is 0 Å². The summed E-state index contributed by atoms with van der Waals surface area (Å²) in [4.78, 5) is 24.3. The van der Waals surface area contributed by atoms with Crippen LogP contribution in [0.5, 0.6) is 17.2 Å². The van der Waals surface area contributed by atoms with Crippen molar-refractivity contribution in [3.05, 3.63) is 53.6 Å². The summed E-state index contributed by atoms with van der Waals surface area (Å²) in [5.74, 6) is 1.08. The van der Waals surface area contributed by atoms with Crippen molar-refractivity contribution in [2.24, 2.45) is 0 Å². The van der Waals surface area contributed by atoms with Gasteiger partial charge in [-0.15, -0.1) is 0 Å². The molecule has 0 aromatic heterocycles. The molecule has 0 unspecified atom stereocenters. The summed E-state index contributed by atoms with van der Waals surface area (Å²) in [6, 6.07) is 12.4. The van der Waals surface area contributed by atoms with Crippen molar-refractivity contribution < 1.29 is 23.8 Å². The van der Waals surface area contributed by atoms with E-state index >= 15 is 0 Å². The third kappa shape index (κ3) is 7.03. The molecule has 0 aliphatic carbocycles. The zero-order valence-electron chi connectivity index (χ0n) is 17.1. The Labute approximate surface area is 171 Å². The number of hydrogen-bond acceptors (Lipinski definition) is 5. The van der Waals surface area contributed by atoms with E-state index in [1.807, 2.05) is 24.3 Å². The fraction of sp³-hybridized carbons (Fsp3) is 0.364. The lowest BCUT2D eigenvalue weighted by Gasteiger charge is -2.12. The fourth-order valence-corrected chi connectivity index (χ4v) is 2.60. The minimum atomic E-state index is -0.432. The Balaban J connectivity index is 1.85. The van der Waals surface area contributed by atoms with Gasteiger partial charge in [-0.2, -0.15) is 0 Å². The summed E-state index contributed by atoms with van der Waals surface area (Å²) in [5, 5.41) is 0. The highest BCUT2D eigenvalue weighted by molar-refractivity contribution is 5.96. The van der Waals surface area contributed by atoms with Gasteiger partial charge in [0.25, 0.3) is 5.91 Å². The zero-order valence-corrected chi connectivity index (χ0v) is 17.1. The number of hydrazine groups is 1. The van der Waals surface area contributed by atoms with Crippen LogP contribution in [0.25, 0.3) is 0 Å². The number of nitrogens with one attached hydrogen (secondary N) is 2. The van der Waals surface area contributed by atoms with Crippen LogP contribution in [0.4, 0.5) is 0 Å². The van der Waals surface area contributed by atoms with Gasteiger partial charge in [0.15, 0.2) is 11.5 Å². The number of benzene rings is 2.